The van der Waals surface area contributed by atoms with Gasteiger partial charge in [-0.15, -0.1) is 0 Å². The molecular weight excluding hydrogens is 355 g/mol. The zero-order valence-electron chi connectivity index (χ0n) is 15.8. The number of halogens is 1. The summed E-state index contributed by atoms with van der Waals surface area (Å²) in [7, 11) is 0. The van der Waals surface area contributed by atoms with Gasteiger partial charge in [0.2, 0.25) is 0 Å². The van der Waals surface area contributed by atoms with Crippen molar-refractivity contribution in [3.63, 3.8) is 0 Å². The van der Waals surface area contributed by atoms with E-state index in [4.69, 9.17) is 0 Å². The molecule has 2 heterocycles. The molecule has 1 fully saturated rings. The number of nitrogens with zero attached hydrogens (tertiary/aromatic N) is 3. The van der Waals surface area contributed by atoms with E-state index >= 15 is 0 Å². The van der Waals surface area contributed by atoms with Gasteiger partial charge in [0.25, 0.3) is 5.91 Å². The molecule has 2 aromatic carbocycles. The molecule has 1 aliphatic heterocycles. The molecule has 0 radical (unpaired) electrons. The molecule has 5 nitrogen and oxygen atoms in total. The highest BCUT2D eigenvalue weighted by molar-refractivity contribution is 5.95. The van der Waals surface area contributed by atoms with E-state index < -0.39 is 0 Å². The lowest BCUT2D eigenvalue weighted by molar-refractivity contribution is 0.0947. The van der Waals surface area contributed by atoms with Gasteiger partial charge >= 0.3 is 0 Å². The van der Waals surface area contributed by atoms with Crippen LogP contribution in [-0.2, 0) is 0 Å². The van der Waals surface area contributed by atoms with Gasteiger partial charge in [0, 0.05) is 25.3 Å². The fourth-order valence-electron chi connectivity index (χ4n) is 3.70. The van der Waals surface area contributed by atoms with Gasteiger partial charge in [-0.3, -0.25) is 4.79 Å². The molecule has 1 amide bonds. The second-order valence-corrected chi connectivity index (χ2v) is 7.15. The topological polar surface area (TPSA) is 50.2 Å². The minimum atomic E-state index is -0.368. The highest BCUT2D eigenvalue weighted by Crippen LogP contribution is 2.23. The third kappa shape index (κ3) is 3.63. The highest BCUT2D eigenvalue weighted by Gasteiger charge is 2.24. The maximum atomic E-state index is 14.0. The van der Waals surface area contributed by atoms with Gasteiger partial charge in [0.1, 0.15) is 11.5 Å². The van der Waals surface area contributed by atoms with Crippen LogP contribution in [0.15, 0.2) is 60.8 Å². The number of benzene rings is 2. The summed E-state index contributed by atoms with van der Waals surface area (Å²) in [6.45, 7) is 4.32. The zero-order valence-corrected chi connectivity index (χ0v) is 15.8. The van der Waals surface area contributed by atoms with Gasteiger partial charge < -0.3 is 10.2 Å². The molecule has 0 aliphatic carbocycles. The fraction of sp³-hybridized carbons (Fsp3) is 0.273. The van der Waals surface area contributed by atoms with Crippen molar-refractivity contribution < 1.29 is 9.18 Å². The predicted octanol–water partition coefficient (Wildman–Crippen LogP) is 3.58. The Morgan fingerprint density at radius 3 is 2.71 bits per heavy atom. The highest BCUT2D eigenvalue weighted by atomic mass is 19.1. The standard InChI is InChI=1S/C22H23FN4O/c1-16-19(14-25-27(16)21-10-6-5-9-20(21)23)22(28)24-13-17-11-12-26(15-17)18-7-3-2-4-8-18/h2-10,14,17H,11-13,15H2,1H3,(H,24,28)/t17-/m1/s1. The Morgan fingerprint density at radius 1 is 1.18 bits per heavy atom. The van der Waals surface area contributed by atoms with E-state index in [0.717, 1.165) is 19.5 Å². The number of aromatic nitrogens is 2. The Balaban J connectivity index is 1.38. The molecule has 6 heteroatoms. The van der Waals surface area contributed by atoms with Gasteiger partial charge in [-0.25, -0.2) is 9.07 Å². The van der Waals surface area contributed by atoms with Crippen LogP contribution in [0.4, 0.5) is 10.1 Å². The van der Waals surface area contributed by atoms with E-state index in [9.17, 15) is 9.18 Å². The second-order valence-electron chi connectivity index (χ2n) is 7.15. The summed E-state index contributed by atoms with van der Waals surface area (Å²) in [4.78, 5) is 15.0. The normalized spacial score (nSPS) is 16.4. The van der Waals surface area contributed by atoms with E-state index in [-0.39, 0.29) is 11.7 Å². The Bertz CT molecular complexity index is 970. The Kier molecular flexibility index (Phi) is 5.10. The maximum Gasteiger partial charge on any atom is 0.254 e. The maximum absolute atomic E-state index is 14.0. The number of nitrogens with one attached hydrogen (secondary N) is 1. The first-order chi connectivity index (χ1) is 13.6. The number of carbonyl (C=O) groups is 1. The van der Waals surface area contributed by atoms with Crippen molar-refractivity contribution in [2.24, 2.45) is 5.92 Å². The van der Waals surface area contributed by atoms with Crippen LogP contribution in [0.1, 0.15) is 22.5 Å². The van der Waals surface area contributed by atoms with Crippen molar-refractivity contribution in [3.05, 3.63) is 77.9 Å². The minimum absolute atomic E-state index is 0.168. The van der Waals surface area contributed by atoms with Crippen molar-refractivity contribution in [2.45, 2.75) is 13.3 Å². The molecule has 3 aromatic rings. The summed E-state index contributed by atoms with van der Waals surface area (Å²) in [5.41, 5.74) is 2.66. The summed E-state index contributed by atoms with van der Waals surface area (Å²) in [5, 5.41) is 7.23. The van der Waals surface area contributed by atoms with Gasteiger partial charge in [-0.2, -0.15) is 5.10 Å². The molecular formula is C22H23FN4O. The second kappa shape index (κ2) is 7.84. The van der Waals surface area contributed by atoms with E-state index in [2.05, 4.69) is 27.4 Å². The first-order valence-electron chi connectivity index (χ1n) is 9.51. The summed E-state index contributed by atoms with van der Waals surface area (Å²) < 4.78 is 15.5. The molecule has 0 saturated carbocycles. The van der Waals surface area contributed by atoms with Crippen molar-refractivity contribution in [2.75, 3.05) is 24.5 Å². The molecule has 4 rings (SSSR count). The lowest BCUT2D eigenvalue weighted by Gasteiger charge is -2.18. The van der Waals surface area contributed by atoms with Crippen LogP contribution in [0, 0.1) is 18.7 Å². The molecule has 28 heavy (non-hydrogen) atoms. The van der Waals surface area contributed by atoms with Gasteiger partial charge in [0.05, 0.1) is 17.5 Å². The van der Waals surface area contributed by atoms with Gasteiger partial charge in [-0.05, 0) is 43.5 Å². The molecule has 1 atom stereocenters. The molecule has 0 spiro atoms. The number of anilines is 1. The minimum Gasteiger partial charge on any atom is -0.371 e. The van der Waals surface area contributed by atoms with Crippen LogP contribution in [0.25, 0.3) is 5.69 Å². The third-order valence-electron chi connectivity index (χ3n) is 5.29. The van der Waals surface area contributed by atoms with E-state index in [1.165, 1.54) is 22.6 Å². The number of hydrogen-bond acceptors (Lipinski definition) is 3. The molecule has 0 unspecified atom stereocenters. The Labute approximate surface area is 163 Å². The molecule has 0 bridgehead atoms. The number of hydrogen-bond donors (Lipinski definition) is 1. The smallest absolute Gasteiger partial charge is 0.254 e. The zero-order chi connectivity index (χ0) is 19.5. The van der Waals surface area contributed by atoms with Crippen LogP contribution >= 0.6 is 0 Å². The van der Waals surface area contributed by atoms with Crippen molar-refractivity contribution in [1.29, 1.82) is 0 Å². The fourth-order valence-corrected chi connectivity index (χ4v) is 3.70. The van der Waals surface area contributed by atoms with Crippen molar-refractivity contribution in [3.8, 4) is 5.69 Å². The predicted molar refractivity (Wildman–Crippen MR) is 107 cm³/mol. The van der Waals surface area contributed by atoms with Crippen LogP contribution in [-0.4, -0.2) is 35.3 Å². The number of rotatable bonds is 5. The van der Waals surface area contributed by atoms with E-state index in [1.54, 1.807) is 25.1 Å². The van der Waals surface area contributed by atoms with Crippen molar-refractivity contribution >= 4 is 11.6 Å². The lowest BCUT2D eigenvalue weighted by atomic mass is 10.1. The quantitative estimate of drug-likeness (QED) is 0.738. The first-order valence-corrected chi connectivity index (χ1v) is 9.51. The van der Waals surface area contributed by atoms with Crippen LogP contribution in [0.5, 0.6) is 0 Å². The molecule has 144 valence electrons. The molecule has 1 saturated heterocycles. The van der Waals surface area contributed by atoms with E-state index in [0.29, 0.717) is 29.4 Å². The average Bonchev–Trinajstić information content (AvgIpc) is 3.34. The molecule has 1 aliphatic rings. The SMILES string of the molecule is Cc1c(C(=O)NC[C@H]2CCN(c3ccccc3)C2)cnn1-c1ccccc1F. The van der Waals surface area contributed by atoms with Gasteiger partial charge in [-0.1, -0.05) is 30.3 Å². The molecule has 1 N–H and O–H groups in total. The van der Waals surface area contributed by atoms with E-state index in [1.807, 2.05) is 18.2 Å². The largest absolute Gasteiger partial charge is 0.371 e. The lowest BCUT2D eigenvalue weighted by Crippen LogP contribution is -2.31. The van der Waals surface area contributed by atoms with Crippen LogP contribution in [0.3, 0.4) is 0 Å². The summed E-state index contributed by atoms with van der Waals surface area (Å²) in [5.74, 6) is -0.128. The Morgan fingerprint density at radius 2 is 1.93 bits per heavy atom. The summed E-state index contributed by atoms with van der Waals surface area (Å²) in [6, 6.07) is 16.7. The van der Waals surface area contributed by atoms with Gasteiger partial charge in [0.15, 0.2) is 0 Å². The third-order valence-corrected chi connectivity index (χ3v) is 5.29. The van der Waals surface area contributed by atoms with Crippen molar-refractivity contribution in [1.82, 2.24) is 15.1 Å². The average molecular weight is 378 g/mol. The Hall–Kier alpha value is -3.15. The van der Waals surface area contributed by atoms with Crippen LogP contribution in [0.2, 0.25) is 0 Å². The summed E-state index contributed by atoms with van der Waals surface area (Å²) in [6.07, 6.45) is 2.55. The number of amides is 1. The van der Waals surface area contributed by atoms with Crippen LogP contribution < -0.4 is 10.2 Å². The first kappa shape index (κ1) is 18.2. The monoisotopic (exact) mass is 378 g/mol. The summed E-state index contributed by atoms with van der Waals surface area (Å²) >= 11 is 0. The number of carbonyl (C=O) groups excluding carboxylic acids is 1. The number of para-hydroxylation sites is 2. The molecule has 1 aromatic heterocycles.